The molecule has 0 spiro atoms. The Morgan fingerprint density at radius 2 is 1.58 bits per heavy atom. The largest absolute Gasteiger partial charge is 0.326 e. The van der Waals surface area contributed by atoms with Crippen LogP contribution in [-0.4, -0.2) is 30.6 Å². The first-order valence-corrected chi connectivity index (χ1v) is 12.5. The summed E-state index contributed by atoms with van der Waals surface area (Å²) in [7, 11) is -4.04. The number of sulfonamides is 1. The van der Waals surface area contributed by atoms with Gasteiger partial charge in [0.2, 0.25) is 11.8 Å². The number of nitrogens with zero attached hydrogens (tertiary/aromatic N) is 2. The van der Waals surface area contributed by atoms with Crippen LogP contribution in [0.4, 0.5) is 11.4 Å². The van der Waals surface area contributed by atoms with Crippen molar-refractivity contribution in [3.8, 4) is 0 Å². The zero-order valence-corrected chi connectivity index (χ0v) is 19.3. The quantitative estimate of drug-likeness (QED) is 0.571. The third-order valence-electron chi connectivity index (χ3n) is 4.89. The van der Waals surface area contributed by atoms with Crippen molar-refractivity contribution in [2.75, 3.05) is 10.2 Å². The summed E-state index contributed by atoms with van der Waals surface area (Å²) in [6.45, 7) is 1.95. The number of benzene rings is 3. The van der Waals surface area contributed by atoms with Crippen LogP contribution in [0.5, 0.6) is 0 Å². The maximum absolute atomic E-state index is 13.2. The number of thioether (sulfide) groups is 1. The molecule has 0 aliphatic carbocycles. The van der Waals surface area contributed by atoms with Gasteiger partial charge in [-0.2, -0.15) is 8.42 Å². The first-order chi connectivity index (χ1) is 15.8. The van der Waals surface area contributed by atoms with E-state index < -0.39 is 21.2 Å². The molecule has 3 aromatic carbocycles. The van der Waals surface area contributed by atoms with E-state index in [1.165, 1.54) is 17.0 Å². The van der Waals surface area contributed by atoms with E-state index in [9.17, 15) is 18.0 Å². The highest BCUT2D eigenvalue weighted by Crippen LogP contribution is 2.35. The number of rotatable bonds is 6. The second kappa shape index (κ2) is 9.60. The van der Waals surface area contributed by atoms with Crippen LogP contribution < -0.4 is 10.2 Å². The standard InChI is InChI=1S/C24H21N3O4S2/c1-17-12-14-18(15-13-17)25-22(28)16-21-23(29)27(19-8-4-2-5-9-19)24(32-21)26-33(30,31)20-10-6-3-7-11-20/h2-15,21H,16H2,1H3,(H,25,28)/t21-/m1/s1. The molecule has 0 aromatic heterocycles. The molecule has 0 bridgehead atoms. The maximum Gasteiger partial charge on any atom is 0.284 e. The van der Waals surface area contributed by atoms with Gasteiger partial charge in [0, 0.05) is 12.1 Å². The van der Waals surface area contributed by atoms with Gasteiger partial charge in [-0.15, -0.1) is 4.40 Å². The summed E-state index contributed by atoms with van der Waals surface area (Å²) >= 11 is 0.971. The molecule has 3 aromatic rings. The molecule has 4 rings (SSSR count). The zero-order chi connectivity index (χ0) is 23.4. The molecule has 1 saturated heterocycles. The summed E-state index contributed by atoms with van der Waals surface area (Å²) in [5, 5.41) is 1.99. The highest BCUT2D eigenvalue weighted by molar-refractivity contribution is 8.16. The number of anilines is 2. The minimum atomic E-state index is -4.04. The second-order valence-electron chi connectivity index (χ2n) is 7.40. The Labute approximate surface area is 196 Å². The fraction of sp³-hybridized carbons (Fsp3) is 0.125. The average Bonchev–Trinajstić information content (AvgIpc) is 3.10. The van der Waals surface area contributed by atoms with Gasteiger partial charge in [-0.1, -0.05) is 65.9 Å². The highest BCUT2D eigenvalue weighted by atomic mass is 32.2. The Balaban J connectivity index is 1.61. The predicted molar refractivity (Wildman–Crippen MR) is 131 cm³/mol. The molecular formula is C24H21N3O4S2. The van der Waals surface area contributed by atoms with Crippen molar-refractivity contribution in [2.24, 2.45) is 4.40 Å². The van der Waals surface area contributed by atoms with E-state index in [-0.39, 0.29) is 22.4 Å². The Bertz CT molecular complexity index is 1290. The second-order valence-corrected chi connectivity index (χ2v) is 10.2. The summed E-state index contributed by atoms with van der Waals surface area (Å²) in [5.41, 5.74) is 2.17. The molecule has 0 saturated carbocycles. The van der Waals surface area contributed by atoms with Crippen LogP contribution in [0.3, 0.4) is 0 Å². The predicted octanol–water partition coefficient (Wildman–Crippen LogP) is 4.22. The molecule has 1 N–H and O–H groups in total. The van der Waals surface area contributed by atoms with Crippen molar-refractivity contribution < 1.29 is 18.0 Å². The fourth-order valence-electron chi connectivity index (χ4n) is 3.24. The molecule has 1 aliphatic heterocycles. The summed E-state index contributed by atoms with van der Waals surface area (Å²) in [5.74, 6) is -0.739. The van der Waals surface area contributed by atoms with Gasteiger partial charge in [0.15, 0.2) is 5.17 Å². The van der Waals surface area contributed by atoms with Gasteiger partial charge in [0.05, 0.1) is 10.6 Å². The van der Waals surface area contributed by atoms with Crippen LogP contribution in [-0.2, 0) is 19.6 Å². The SMILES string of the molecule is Cc1ccc(NC(=O)C[C@H]2SC(=NS(=O)(=O)c3ccccc3)N(c3ccccc3)C2=O)cc1. The van der Waals surface area contributed by atoms with E-state index in [4.69, 9.17) is 0 Å². The topological polar surface area (TPSA) is 95.9 Å². The molecule has 0 radical (unpaired) electrons. The molecule has 0 unspecified atom stereocenters. The normalized spacial score (nSPS) is 17.4. The molecule has 168 valence electrons. The summed E-state index contributed by atoms with van der Waals surface area (Å²) in [6, 6.07) is 23.8. The van der Waals surface area contributed by atoms with Crippen LogP contribution >= 0.6 is 11.8 Å². The molecule has 2 amide bonds. The van der Waals surface area contributed by atoms with Gasteiger partial charge in [0.1, 0.15) is 5.25 Å². The summed E-state index contributed by atoms with van der Waals surface area (Å²) in [4.78, 5) is 27.1. The monoisotopic (exact) mass is 479 g/mol. The van der Waals surface area contributed by atoms with Gasteiger partial charge < -0.3 is 5.32 Å². The zero-order valence-electron chi connectivity index (χ0n) is 17.7. The number of nitrogens with one attached hydrogen (secondary N) is 1. The number of hydrogen-bond donors (Lipinski definition) is 1. The molecule has 1 heterocycles. The number of para-hydroxylation sites is 1. The van der Waals surface area contributed by atoms with Crippen molar-refractivity contribution in [1.82, 2.24) is 0 Å². The minimum Gasteiger partial charge on any atom is -0.326 e. The third-order valence-corrected chi connectivity index (χ3v) is 7.43. The van der Waals surface area contributed by atoms with Crippen molar-refractivity contribution in [2.45, 2.75) is 23.5 Å². The third kappa shape index (κ3) is 5.32. The molecular weight excluding hydrogens is 458 g/mol. The Morgan fingerprint density at radius 1 is 0.970 bits per heavy atom. The van der Waals surface area contributed by atoms with Gasteiger partial charge in [-0.3, -0.25) is 14.5 Å². The van der Waals surface area contributed by atoms with Crippen LogP contribution in [0.2, 0.25) is 0 Å². The average molecular weight is 480 g/mol. The van der Waals surface area contributed by atoms with E-state index in [0.717, 1.165) is 17.3 Å². The Kier molecular flexibility index (Phi) is 6.62. The van der Waals surface area contributed by atoms with Gasteiger partial charge in [-0.25, -0.2) is 0 Å². The van der Waals surface area contributed by atoms with Crippen molar-refractivity contribution in [1.29, 1.82) is 0 Å². The maximum atomic E-state index is 13.2. The van der Waals surface area contributed by atoms with Crippen LogP contribution in [0, 0.1) is 6.92 Å². The number of amides is 2. The van der Waals surface area contributed by atoms with Crippen LogP contribution in [0.1, 0.15) is 12.0 Å². The Morgan fingerprint density at radius 3 is 2.21 bits per heavy atom. The van der Waals surface area contributed by atoms with Crippen LogP contribution in [0.25, 0.3) is 0 Å². The minimum absolute atomic E-state index is 0.0168. The van der Waals surface area contributed by atoms with Gasteiger partial charge in [-0.05, 0) is 43.3 Å². The van der Waals surface area contributed by atoms with Crippen molar-refractivity contribution >= 4 is 50.1 Å². The Hall–Kier alpha value is -3.43. The molecule has 33 heavy (non-hydrogen) atoms. The van der Waals surface area contributed by atoms with Crippen LogP contribution in [0.15, 0.2) is 94.2 Å². The number of carbonyl (C=O) groups is 2. The number of carbonyl (C=O) groups excluding carboxylic acids is 2. The van der Waals surface area contributed by atoms with E-state index in [1.54, 1.807) is 60.7 Å². The summed E-state index contributed by atoms with van der Waals surface area (Å²) < 4.78 is 29.7. The smallest absolute Gasteiger partial charge is 0.284 e. The summed E-state index contributed by atoms with van der Waals surface area (Å²) in [6.07, 6.45) is -0.120. The molecule has 7 nitrogen and oxygen atoms in total. The molecule has 1 fully saturated rings. The lowest BCUT2D eigenvalue weighted by atomic mass is 10.2. The molecule has 1 atom stereocenters. The van der Waals surface area contributed by atoms with E-state index >= 15 is 0 Å². The number of aryl methyl sites for hydroxylation is 1. The molecule has 9 heteroatoms. The van der Waals surface area contributed by atoms with E-state index in [2.05, 4.69) is 9.71 Å². The lowest BCUT2D eigenvalue weighted by Crippen LogP contribution is -2.33. The van der Waals surface area contributed by atoms with E-state index in [0.29, 0.717) is 11.4 Å². The first kappa shape index (κ1) is 22.8. The number of amidine groups is 1. The molecule has 1 aliphatic rings. The lowest BCUT2D eigenvalue weighted by Gasteiger charge is -2.16. The fourth-order valence-corrected chi connectivity index (χ4v) is 5.60. The van der Waals surface area contributed by atoms with E-state index in [1.807, 2.05) is 19.1 Å². The van der Waals surface area contributed by atoms with Crippen molar-refractivity contribution in [3.63, 3.8) is 0 Å². The van der Waals surface area contributed by atoms with Gasteiger partial charge >= 0.3 is 0 Å². The highest BCUT2D eigenvalue weighted by Gasteiger charge is 2.41. The number of hydrogen-bond acceptors (Lipinski definition) is 5. The van der Waals surface area contributed by atoms with Crippen molar-refractivity contribution in [3.05, 3.63) is 90.5 Å². The first-order valence-electron chi connectivity index (χ1n) is 10.2. The van der Waals surface area contributed by atoms with Gasteiger partial charge in [0.25, 0.3) is 10.0 Å². The lowest BCUT2D eigenvalue weighted by molar-refractivity contribution is -0.121.